The van der Waals surface area contributed by atoms with Crippen molar-refractivity contribution in [3.8, 4) is 17.6 Å². The summed E-state index contributed by atoms with van der Waals surface area (Å²) in [7, 11) is 0. The van der Waals surface area contributed by atoms with E-state index in [1.54, 1.807) is 66.7 Å². The van der Waals surface area contributed by atoms with Gasteiger partial charge in [0.05, 0.1) is 24.8 Å². The maximum Gasteiger partial charge on any atom is 0.187 e. The van der Waals surface area contributed by atoms with Crippen LogP contribution in [0, 0.1) is 17.9 Å². The van der Waals surface area contributed by atoms with Gasteiger partial charge in [-0.25, -0.2) is 4.85 Å². The molecule has 0 aromatic heterocycles. The van der Waals surface area contributed by atoms with Crippen LogP contribution in [0.1, 0.15) is 27.0 Å². The molecule has 0 aliphatic heterocycles. The Morgan fingerprint density at radius 1 is 1.00 bits per heavy atom. The van der Waals surface area contributed by atoms with Crippen molar-refractivity contribution < 1.29 is 24.5 Å². The van der Waals surface area contributed by atoms with E-state index >= 15 is 0 Å². The van der Waals surface area contributed by atoms with E-state index in [4.69, 9.17) is 26.4 Å². The summed E-state index contributed by atoms with van der Waals surface area (Å²) in [6.45, 7) is 6.67. The fraction of sp³-hybridized carbons (Fsp3) is 0.192. The number of hydrogen-bond donors (Lipinski definition) is 2. The molecule has 0 heterocycles. The summed E-state index contributed by atoms with van der Waals surface area (Å²) in [5, 5.41) is 27.5. The molecule has 0 unspecified atom stereocenters. The molecule has 7 heteroatoms. The maximum atomic E-state index is 12.9. The molecule has 0 aliphatic rings. The van der Waals surface area contributed by atoms with Crippen LogP contribution >= 0.6 is 0 Å². The van der Waals surface area contributed by atoms with Gasteiger partial charge in [0.1, 0.15) is 30.8 Å². The molecule has 3 rings (SSSR count). The van der Waals surface area contributed by atoms with E-state index in [2.05, 4.69) is 10.9 Å². The number of Topliss-reactive ketones (excluding diaryl/α,β-unsaturated/α-hetero) is 1. The van der Waals surface area contributed by atoms with E-state index in [0.717, 1.165) is 11.1 Å². The molecule has 2 N–H and O–H groups in total. The Labute approximate surface area is 191 Å². The molecule has 0 saturated heterocycles. The largest absolute Gasteiger partial charge is 0.491 e. The number of ketones is 1. The van der Waals surface area contributed by atoms with Crippen LogP contribution in [0.3, 0.4) is 0 Å². The zero-order valence-electron chi connectivity index (χ0n) is 17.8. The molecule has 3 aromatic rings. The first-order valence-corrected chi connectivity index (χ1v) is 10.2. The lowest BCUT2D eigenvalue weighted by atomic mass is 10.0. The molecular weight excluding hydrogens is 420 g/mol. The van der Waals surface area contributed by atoms with Gasteiger partial charge in [0.15, 0.2) is 11.5 Å². The fourth-order valence-electron chi connectivity index (χ4n) is 2.96. The smallest absolute Gasteiger partial charge is 0.187 e. The molecule has 0 bridgehead atoms. The Morgan fingerprint density at radius 2 is 1.64 bits per heavy atom. The summed E-state index contributed by atoms with van der Waals surface area (Å²) in [5.41, 5.74) is 3.05. The lowest BCUT2D eigenvalue weighted by Crippen LogP contribution is -2.21. The highest BCUT2D eigenvalue weighted by Crippen LogP contribution is 2.26. The second-order valence-corrected chi connectivity index (χ2v) is 7.32. The Hall–Kier alpha value is -4.17. The summed E-state index contributed by atoms with van der Waals surface area (Å²) in [5.74, 6) is 0.565. The average molecular weight is 442 g/mol. The normalized spacial score (nSPS) is 11.2. The molecule has 0 spiro atoms. The molecule has 1 atom stereocenters. The molecule has 0 saturated carbocycles. The minimum Gasteiger partial charge on any atom is -0.491 e. The van der Waals surface area contributed by atoms with Crippen molar-refractivity contribution in [3.05, 3.63) is 100 Å². The highest BCUT2D eigenvalue weighted by Gasteiger charge is 2.13. The molecule has 0 fully saturated rings. The highest BCUT2D eigenvalue weighted by atomic mass is 16.5. The third-order valence-corrected chi connectivity index (χ3v) is 4.77. The van der Waals surface area contributed by atoms with Crippen molar-refractivity contribution >= 4 is 11.5 Å². The summed E-state index contributed by atoms with van der Waals surface area (Å²) in [6, 6.07) is 20.6. The van der Waals surface area contributed by atoms with Gasteiger partial charge in [-0.05, 0) is 35.4 Å². The second kappa shape index (κ2) is 11.4. The number of aliphatic hydroxyl groups excluding tert-OH is 2. The number of nitrogens with zero attached hydrogens (tertiary/aromatic N) is 2. The lowest BCUT2D eigenvalue weighted by Gasteiger charge is -2.14. The van der Waals surface area contributed by atoms with Gasteiger partial charge in [0.25, 0.3) is 0 Å². The predicted octanol–water partition coefficient (Wildman–Crippen LogP) is 3.85. The van der Waals surface area contributed by atoms with Crippen LogP contribution in [0.15, 0.2) is 66.7 Å². The van der Waals surface area contributed by atoms with Gasteiger partial charge in [-0.2, -0.15) is 5.26 Å². The second-order valence-electron chi connectivity index (χ2n) is 7.32. The van der Waals surface area contributed by atoms with Crippen molar-refractivity contribution in [1.82, 2.24) is 0 Å². The zero-order valence-corrected chi connectivity index (χ0v) is 17.8. The van der Waals surface area contributed by atoms with Gasteiger partial charge in [-0.15, -0.1) is 0 Å². The van der Waals surface area contributed by atoms with Crippen molar-refractivity contribution in [1.29, 1.82) is 5.26 Å². The van der Waals surface area contributed by atoms with Crippen molar-refractivity contribution in [2.75, 3.05) is 13.2 Å². The monoisotopic (exact) mass is 442 g/mol. The Kier molecular flexibility index (Phi) is 8.15. The lowest BCUT2D eigenvalue weighted by molar-refractivity contribution is 0.0535. The number of benzene rings is 3. The first kappa shape index (κ1) is 23.5. The number of ether oxygens (including phenoxy) is 2. The molecule has 33 heavy (non-hydrogen) atoms. The van der Waals surface area contributed by atoms with Gasteiger partial charge in [0, 0.05) is 18.1 Å². The predicted molar refractivity (Wildman–Crippen MR) is 121 cm³/mol. The Balaban J connectivity index is 1.78. The van der Waals surface area contributed by atoms with Gasteiger partial charge in [-0.1, -0.05) is 36.4 Å². The fourth-order valence-corrected chi connectivity index (χ4v) is 2.96. The van der Waals surface area contributed by atoms with Crippen LogP contribution in [0.25, 0.3) is 4.85 Å². The first-order valence-electron chi connectivity index (χ1n) is 10.2. The van der Waals surface area contributed by atoms with Crippen molar-refractivity contribution in [2.45, 2.75) is 19.1 Å². The van der Waals surface area contributed by atoms with E-state index in [1.807, 2.05) is 0 Å². The number of rotatable bonds is 10. The van der Waals surface area contributed by atoms with E-state index in [9.17, 15) is 9.90 Å². The van der Waals surface area contributed by atoms with E-state index < -0.39 is 12.7 Å². The summed E-state index contributed by atoms with van der Waals surface area (Å²) >= 11 is 0. The number of hydrogen-bond acceptors (Lipinski definition) is 6. The van der Waals surface area contributed by atoms with Gasteiger partial charge < -0.3 is 19.7 Å². The quantitative estimate of drug-likeness (QED) is 0.365. The van der Waals surface area contributed by atoms with Gasteiger partial charge in [-0.3, -0.25) is 4.79 Å². The molecule has 0 radical (unpaired) electrons. The number of nitriles is 1. The molecule has 3 aromatic carbocycles. The van der Waals surface area contributed by atoms with Crippen LogP contribution in [0.5, 0.6) is 11.5 Å². The van der Waals surface area contributed by atoms with Crippen LogP contribution < -0.4 is 9.47 Å². The van der Waals surface area contributed by atoms with Crippen molar-refractivity contribution in [3.63, 3.8) is 0 Å². The zero-order chi connectivity index (χ0) is 23.6. The van der Waals surface area contributed by atoms with Crippen LogP contribution in [-0.2, 0) is 13.0 Å². The molecule has 0 amide bonds. The van der Waals surface area contributed by atoms with E-state index in [1.165, 1.54) is 0 Å². The van der Waals surface area contributed by atoms with E-state index in [0.29, 0.717) is 28.3 Å². The minimum atomic E-state index is -1.05. The Bertz CT molecular complexity index is 1180. The van der Waals surface area contributed by atoms with Gasteiger partial charge >= 0.3 is 0 Å². The van der Waals surface area contributed by atoms with Crippen LogP contribution in [0.2, 0.25) is 0 Å². The maximum absolute atomic E-state index is 12.9. The topological polar surface area (TPSA) is 104 Å². The standard InChI is InChI=1S/C26H22N2O5/c1-28-22-8-6-18(7-9-22)10-26(31)21-11-24(13-25(12-21)33-17-23(30)15-29)32-16-20-4-2-19(14-27)3-5-20/h2-9,11-13,23,29-30H,10,15-17H2/t23-/m0/s1. The van der Waals surface area contributed by atoms with Gasteiger partial charge in [0.2, 0.25) is 0 Å². The number of aliphatic hydroxyl groups is 2. The summed E-state index contributed by atoms with van der Waals surface area (Å²) in [4.78, 5) is 16.3. The number of carbonyl (C=O) groups is 1. The SMILES string of the molecule is [C-]#[N+]c1ccc(CC(=O)c2cc(OCc3ccc(C#N)cc3)cc(OC[C@@H](O)CO)c2)cc1. The van der Waals surface area contributed by atoms with E-state index in [-0.39, 0.29) is 25.4 Å². The summed E-state index contributed by atoms with van der Waals surface area (Å²) < 4.78 is 11.4. The molecule has 166 valence electrons. The molecular formula is C26H22N2O5. The average Bonchev–Trinajstić information content (AvgIpc) is 2.86. The van der Waals surface area contributed by atoms with Crippen LogP contribution in [0.4, 0.5) is 5.69 Å². The summed E-state index contributed by atoms with van der Waals surface area (Å²) in [6.07, 6.45) is -0.913. The first-order chi connectivity index (χ1) is 16.0. The molecule has 0 aliphatic carbocycles. The highest BCUT2D eigenvalue weighted by molar-refractivity contribution is 5.98. The van der Waals surface area contributed by atoms with Crippen molar-refractivity contribution in [2.24, 2.45) is 0 Å². The van der Waals surface area contributed by atoms with Crippen LogP contribution in [-0.4, -0.2) is 35.3 Å². The molecule has 7 nitrogen and oxygen atoms in total. The number of carbonyl (C=O) groups excluding carboxylic acids is 1. The minimum absolute atomic E-state index is 0.135. The Morgan fingerprint density at radius 3 is 2.24 bits per heavy atom. The third-order valence-electron chi connectivity index (χ3n) is 4.77. The third kappa shape index (κ3) is 6.91.